The molecule has 4 heterocycles. The highest BCUT2D eigenvalue weighted by Crippen LogP contribution is 2.40. The number of pyridine rings is 1. The molecule has 0 unspecified atom stereocenters. The molecule has 2 aliphatic rings. The molecule has 41 heavy (non-hydrogen) atoms. The van der Waals surface area contributed by atoms with Crippen LogP contribution in [0.4, 0.5) is 20.4 Å². The number of hydrogen-bond acceptors (Lipinski definition) is 9. The average molecular weight is 586 g/mol. The van der Waals surface area contributed by atoms with Crippen molar-refractivity contribution in [3.63, 3.8) is 0 Å². The first-order chi connectivity index (χ1) is 19.7. The summed E-state index contributed by atoms with van der Waals surface area (Å²) < 4.78 is 35.6. The molecule has 0 spiro atoms. The molecule has 2 fully saturated rings. The van der Waals surface area contributed by atoms with Crippen LogP contribution in [0.3, 0.4) is 0 Å². The molecule has 0 radical (unpaired) electrons. The molecule has 218 valence electrons. The highest BCUT2D eigenvalue weighted by Gasteiger charge is 2.30. The van der Waals surface area contributed by atoms with Crippen LogP contribution in [0.1, 0.15) is 24.5 Å². The number of fused-ring (bicyclic) bond motifs is 1. The number of benzene rings is 1. The van der Waals surface area contributed by atoms with Gasteiger partial charge in [-0.15, -0.1) is 0 Å². The van der Waals surface area contributed by atoms with Crippen LogP contribution in [-0.4, -0.2) is 77.7 Å². The summed E-state index contributed by atoms with van der Waals surface area (Å²) in [6.45, 7) is 7.99. The number of aromatic nitrogens is 3. The van der Waals surface area contributed by atoms with Crippen molar-refractivity contribution < 1.29 is 18.3 Å². The van der Waals surface area contributed by atoms with Gasteiger partial charge in [-0.05, 0) is 56.5 Å². The molecule has 0 amide bonds. The van der Waals surface area contributed by atoms with Gasteiger partial charge in [0.25, 0.3) is 0 Å². The number of rotatable bonds is 8. The van der Waals surface area contributed by atoms with E-state index in [-0.39, 0.29) is 52.5 Å². The van der Waals surface area contributed by atoms with Gasteiger partial charge in [0.05, 0.1) is 23.0 Å². The lowest BCUT2D eigenvalue weighted by Gasteiger charge is -2.40. The van der Waals surface area contributed by atoms with Gasteiger partial charge in [0.15, 0.2) is 5.82 Å². The van der Waals surface area contributed by atoms with Crippen molar-refractivity contribution in [3.8, 4) is 17.3 Å². The number of anilines is 2. The average Bonchev–Trinajstić information content (AvgIpc) is 3.41. The molecule has 0 bridgehead atoms. The van der Waals surface area contributed by atoms with E-state index in [1.807, 2.05) is 25.7 Å². The van der Waals surface area contributed by atoms with E-state index in [0.717, 1.165) is 17.4 Å². The molecule has 3 atom stereocenters. The van der Waals surface area contributed by atoms with Crippen LogP contribution in [-0.2, 0) is 4.79 Å². The predicted molar refractivity (Wildman–Crippen MR) is 157 cm³/mol. The highest BCUT2D eigenvalue weighted by molar-refractivity contribution is 6.34. The summed E-state index contributed by atoms with van der Waals surface area (Å²) in [5, 5.41) is 3.87. The molecule has 2 aliphatic heterocycles. The number of hydrogen-bond donors (Lipinski definition) is 2. The van der Waals surface area contributed by atoms with Crippen LogP contribution in [0, 0.1) is 25.6 Å². The third kappa shape index (κ3) is 5.92. The molecule has 0 saturated carbocycles. The molecule has 9 nitrogen and oxygen atoms in total. The van der Waals surface area contributed by atoms with Crippen molar-refractivity contribution >= 4 is 40.4 Å². The summed E-state index contributed by atoms with van der Waals surface area (Å²) in [6.07, 6.45) is 4.61. The van der Waals surface area contributed by atoms with Crippen molar-refractivity contribution in [2.45, 2.75) is 39.3 Å². The van der Waals surface area contributed by atoms with Crippen LogP contribution in [0.25, 0.3) is 22.2 Å². The summed E-state index contributed by atoms with van der Waals surface area (Å²) >= 11 is 6.75. The maximum Gasteiger partial charge on any atom is 0.319 e. The Labute approximate surface area is 242 Å². The van der Waals surface area contributed by atoms with Gasteiger partial charge >= 0.3 is 6.01 Å². The largest absolute Gasteiger partial charge is 0.462 e. The molecule has 2 aromatic heterocycles. The van der Waals surface area contributed by atoms with Crippen LogP contribution in [0.15, 0.2) is 24.4 Å². The second-order valence-electron chi connectivity index (χ2n) is 10.8. The van der Waals surface area contributed by atoms with Gasteiger partial charge in [-0.2, -0.15) is 9.97 Å². The van der Waals surface area contributed by atoms with E-state index in [2.05, 4.69) is 20.2 Å². The Kier molecular flexibility index (Phi) is 8.55. The summed E-state index contributed by atoms with van der Waals surface area (Å²) in [5.74, 6) is 0.0652. The second kappa shape index (κ2) is 12.1. The van der Waals surface area contributed by atoms with Crippen molar-refractivity contribution in [2.24, 2.45) is 5.92 Å². The quantitative estimate of drug-likeness (QED) is 0.296. The number of piperazine rings is 1. The lowest BCUT2D eigenvalue weighted by Crippen LogP contribution is -2.50. The fourth-order valence-corrected chi connectivity index (χ4v) is 5.86. The topological polar surface area (TPSA) is 110 Å². The van der Waals surface area contributed by atoms with Crippen LogP contribution in [0.5, 0.6) is 6.01 Å². The van der Waals surface area contributed by atoms with Gasteiger partial charge in [-0.3, -0.25) is 9.18 Å². The van der Waals surface area contributed by atoms with Crippen molar-refractivity contribution in [2.75, 3.05) is 50.1 Å². The number of aldehydes is 1. The first-order valence-electron chi connectivity index (χ1n) is 13.7. The van der Waals surface area contributed by atoms with Crippen LogP contribution >= 0.6 is 11.6 Å². The molecular weight excluding hydrogens is 552 g/mol. The number of nitrogen functional groups attached to an aromatic ring is 1. The van der Waals surface area contributed by atoms with Gasteiger partial charge in [0.1, 0.15) is 30.0 Å². The first kappa shape index (κ1) is 28.9. The fraction of sp³-hybridized carbons (Fsp3) is 0.448. The minimum absolute atomic E-state index is 0.0223. The number of carbonyl (C=O) groups excluding carboxylic acids is 1. The van der Waals surface area contributed by atoms with E-state index in [9.17, 15) is 9.18 Å². The number of alkyl halides is 1. The van der Waals surface area contributed by atoms with Gasteiger partial charge in [0.2, 0.25) is 0 Å². The van der Waals surface area contributed by atoms with Crippen LogP contribution < -0.4 is 20.7 Å². The third-order valence-electron chi connectivity index (χ3n) is 7.88. The van der Waals surface area contributed by atoms with Crippen LogP contribution in [0.2, 0.25) is 5.02 Å². The maximum atomic E-state index is 16.5. The Bertz CT molecular complexity index is 1490. The Balaban J connectivity index is 1.59. The number of nitrogens with two attached hydrogens (primary N) is 1. The first-order valence-corrected chi connectivity index (χ1v) is 14.1. The van der Waals surface area contributed by atoms with Crippen molar-refractivity contribution in [1.82, 2.24) is 25.2 Å². The third-order valence-corrected chi connectivity index (χ3v) is 8.18. The fourth-order valence-electron chi connectivity index (χ4n) is 5.58. The second-order valence-corrected chi connectivity index (χ2v) is 11.2. The smallest absolute Gasteiger partial charge is 0.319 e. The number of nitrogens with zero attached hydrogens (tertiary/aromatic N) is 5. The Morgan fingerprint density at radius 1 is 1.24 bits per heavy atom. The number of nitrogens with one attached hydrogen (secondary N) is 1. The summed E-state index contributed by atoms with van der Waals surface area (Å²) in [5.41, 5.74) is 8.16. The molecule has 5 rings (SSSR count). The molecule has 3 N–H and O–H groups in total. The van der Waals surface area contributed by atoms with Crippen molar-refractivity contribution in [1.29, 1.82) is 0 Å². The van der Waals surface area contributed by atoms with Gasteiger partial charge in [-0.1, -0.05) is 11.6 Å². The van der Waals surface area contributed by atoms with E-state index < -0.39 is 12.5 Å². The summed E-state index contributed by atoms with van der Waals surface area (Å²) in [7, 11) is 0. The predicted octanol–water partition coefficient (Wildman–Crippen LogP) is 4.23. The van der Waals surface area contributed by atoms with E-state index in [0.29, 0.717) is 49.5 Å². The molecule has 1 aromatic carbocycles. The van der Waals surface area contributed by atoms with E-state index in [1.165, 1.54) is 6.08 Å². The molecular formula is C29H34ClF2N7O2. The SMILES string of the molecule is Cc1cc(N)nc(-c2c(Cl)cc3c(N4CCN(C=CC=O)C[C@@H]4C)nc(OC[C@@H]4C[C@@H](CF)CN4)nc3c2F)c1C. The lowest BCUT2D eigenvalue weighted by atomic mass is 10.00. The zero-order valence-electron chi connectivity index (χ0n) is 23.3. The highest BCUT2D eigenvalue weighted by atomic mass is 35.5. The minimum atomic E-state index is -0.640. The molecule has 3 aromatic rings. The zero-order valence-corrected chi connectivity index (χ0v) is 24.1. The molecule has 12 heteroatoms. The number of carbonyl (C=O) groups is 1. The number of aryl methyl sites for hydroxylation is 1. The van der Waals surface area contributed by atoms with E-state index in [4.69, 9.17) is 27.1 Å². The van der Waals surface area contributed by atoms with Crippen molar-refractivity contribution in [3.05, 3.63) is 46.4 Å². The van der Waals surface area contributed by atoms with Gasteiger partial charge in [-0.25, -0.2) is 9.37 Å². The standard InChI is InChI=1S/C29H34ClF2N7O2/c1-16-9-23(33)35-26(18(16)3)24-22(30)11-21-27(25(24)32)36-29(41-15-20-10-19(12-31)13-34-20)37-28(21)39-7-6-38(5-4-8-40)14-17(39)2/h4-5,8-9,11,17,19-20,34H,6-7,10,12-15H2,1-3H3,(H2,33,35)/t17-,19-,20-/m0/s1. The Hall–Kier alpha value is -3.57. The minimum Gasteiger partial charge on any atom is -0.462 e. The molecule has 0 aliphatic carbocycles. The van der Waals surface area contributed by atoms with E-state index >= 15 is 4.39 Å². The van der Waals surface area contributed by atoms with Gasteiger partial charge < -0.3 is 25.6 Å². The maximum absolute atomic E-state index is 16.5. The zero-order chi connectivity index (χ0) is 29.3. The molecule has 2 saturated heterocycles. The summed E-state index contributed by atoms with van der Waals surface area (Å²) in [4.78, 5) is 28.6. The normalized spacial score (nSPS) is 21.3. The van der Waals surface area contributed by atoms with Gasteiger partial charge in [0, 0.05) is 55.8 Å². The number of allylic oxidation sites excluding steroid dienone is 1. The number of halogens is 3. The Morgan fingerprint density at radius 2 is 2.05 bits per heavy atom. The Morgan fingerprint density at radius 3 is 2.76 bits per heavy atom. The monoisotopic (exact) mass is 585 g/mol. The summed E-state index contributed by atoms with van der Waals surface area (Å²) in [6, 6.07) is 3.33. The van der Waals surface area contributed by atoms with E-state index in [1.54, 1.807) is 18.3 Å². The lowest BCUT2D eigenvalue weighted by molar-refractivity contribution is -0.104. The number of ether oxygens (including phenoxy) is 1.